The van der Waals surface area contributed by atoms with Gasteiger partial charge in [-0.3, -0.25) is 4.79 Å². The molecule has 2 N–H and O–H groups in total. The van der Waals surface area contributed by atoms with Crippen molar-refractivity contribution in [2.24, 2.45) is 7.05 Å². The van der Waals surface area contributed by atoms with Gasteiger partial charge in [0.1, 0.15) is 18.0 Å². The molecule has 0 spiro atoms. The Morgan fingerprint density at radius 3 is 2.91 bits per heavy atom. The Bertz CT molecular complexity index is 644. The van der Waals surface area contributed by atoms with Crippen molar-refractivity contribution in [3.8, 4) is 0 Å². The summed E-state index contributed by atoms with van der Waals surface area (Å²) < 4.78 is 3.71. The van der Waals surface area contributed by atoms with Crippen LogP contribution in [0.5, 0.6) is 0 Å². The van der Waals surface area contributed by atoms with Crippen molar-refractivity contribution in [1.82, 2.24) is 45.6 Å². The summed E-state index contributed by atoms with van der Waals surface area (Å²) in [5.74, 6) is 2.29. The van der Waals surface area contributed by atoms with E-state index >= 15 is 0 Å². The minimum Gasteiger partial charge on any atom is -0.354 e. The van der Waals surface area contributed by atoms with Gasteiger partial charge in [0.25, 0.3) is 0 Å². The van der Waals surface area contributed by atoms with Crippen LogP contribution in [-0.4, -0.2) is 53.5 Å². The highest BCUT2D eigenvalue weighted by molar-refractivity contribution is 5.73. The van der Waals surface area contributed by atoms with Gasteiger partial charge >= 0.3 is 0 Å². The topological polar surface area (TPSA) is 115 Å². The van der Waals surface area contributed by atoms with Gasteiger partial charge in [0.05, 0.1) is 13.1 Å². The van der Waals surface area contributed by atoms with Crippen molar-refractivity contribution in [3.63, 3.8) is 0 Å². The molecule has 124 valence electrons. The van der Waals surface area contributed by atoms with E-state index in [1.54, 1.807) is 17.9 Å². The van der Waals surface area contributed by atoms with Crippen molar-refractivity contribution < 1.29 is 4.79 Å². The van der Waals surface area contributed by atoms with E-state index in [1.807, 2.05) is 11.6 Å². The lowest BCUT2D eigenvalue weighted by Crippen LogP contribution is -2.43. The molecule has 1 saturated carbocycles. The minimum absolute atomic E-state index is 0.0267. The zero-order chi connectivity index (χ0) is 16.2. The van der Waals surface area contributed by atoms with Crippen LogP contribution in [0, 0.1) is 0 Å². The third kappa shape index (κ3) is 3.70. The maximum Gasteiger partial charge on any atom is 0.217 e. The second-order valence-electron chi connectivity index (χ2n) is 5.85. The van der Waals surface area contributed by atoms with Gasteiger partial charge in [-0.05, 0) is 23.3 Å². The predicted octanol–water partition coefficient (Wildman–Crippen LogP) is -1.03. The number of nitrogens with zero attached hydrogens (tertiary/aromatic N) is 7. The highest BCUT2D eigenvalue weighted by Gasteiger charge is 2.34. The summed E-state index contributed by atoms with van der Waals surface area (Å²) in [4.78, 5) is 11.0. The summed E-state index contributed by atoms with van der Waals surface area (Å²) in [5, 5.41) is 25.8. The number of nitrogens with one attached hydrogen (secondary N) is 2. The Balaban J connectivity index is 1.45. The number of hydrogen-bond donors (Lipinski definition) is 2. The molecule has 0 radical (unpaired) electrons. The summed E-state index contributed by atoms with van der Waals surface area (Å²) >= 11 is 0. The number of carbonyl (C=O) groups excluding carboxylic acids is 1. The molecule has 1 amide bonds. The molecule has 3 rings (SSSR count). The molecule has 0 unspecified atom stereocenters. The van der Waals surface area contributed by atoms with Crippen molar-refractivity contribution in [2.45, 2.75) is 44.8 Å². The zero-order valence-corrected chi connectivity index (χ0v) is 13.3. The predicted molar refractivity (Wildman–Crippen MR) is 80.1 cm³/mol. The molecule has 0 bridgehead atoms. The molecule has 23 heavy (non-hydrogen) atoms. The van der Waals surface area contributed by atoms with Crippen molar-refractivity contribution in [1.29, 1.82) is 0 Å². The fraction of sp³-hybridized carbons (Fsp3) is 0.692. The van der Waals surface area contributed by atoms with Crippen LogP contribution in [0.15, 0.2) is 6.33 Å². The SMILES string of the molecule is CC(=O)NC1CC(c2nnc(CNCCn3cnnn3)n2C)C1. The number of rotatable bonds is 7. The van der Waals surface area contributed by atoms with Crippen LogP contribution < -0.4 is 10.6 Å². The average molecular weight is 319 g/mol. The molecule has 0 saturated heterocycles. The lowest BCUT2D eigenvalue weighted by Gasteiger charge is -2.34. The number of carbonyl (C=O) groups is 1. The first-order valence-corrected chi connectivity index (χ1v) is 7.70. The van der Waals surface area contributed by atoms with Gasteiger partial charge in [-0.25, -0.2) is 4.68 Å². The Kier molecular flexibility index (Phi) is 4.60. The second kappa shape index (κ2) is 6.82. The van der Waals surface area contributed by atoms with Gasteiger partial charge in [-0.15, -0.1) is 15.3 Å². The third-order valence-electron chi connectivity index (χ3n) is 4.10. The number of hydrogen-bond acceptors (Lipinski definition) is 7. The fourth-order valence-electron chi connectivity index (χ4n) is 2.80. The van der Waals surface area contributed by atoms with E-state index in [0.717, 1.165) is 31.0 Å². The Morgan fingerprint density at radius 2 is 2.22 bits per heavy atom. The molecule has 2 aromatic heterocycles. The first-order chi connectivity index (χ1) is 11.1. The molecule has 0 aliphatic heterocycles. The molecule has 1 aliphatic rings. The van der Waals surface area contributed by atoms with Crippen LogP contribution in [0.4, 0.5) is 0 Å². The Morgan fingerprint density at radius 1 is 1.39 bits per heavy atom. The molecule has 10 heteroatoms. The Labute approximate surface area is 133 Å². The summed E-state index contributed by atoms with van der Waals surface area (Å²) in [6.07, 6.45) is 3.45. The molecule has 10 nitrogen and oxygen atoms in total. The standard InChI is InChI=1S/C13H21N9O/c1-9(23)16-11-5-10(6-11)13-18-17-12(21(13)2)7-14-3-4-22-8-15-19-20-22/h8,10-11,14H,3-7H2,1-2H3,(H,16,23). The quantitative estimate of drug-likeness (QED) is 0.627. The molecule has 2 heterocycles. The lowest BCUT2D eigenvalue weighted by atomic mass is 9.79. The van der Waals surface area contributed by atoms with E-state index in [4.69, 9.17) is 0 Å². The molecular weight excluding hydrogens is 298 g/mol. The minimum atomic E-state index is 0.0267. The summed E-state index contributed by atoms with van der Waals surface area (Å²) in [5.41, 5.74) is 0. The summed E-state index contributed by atoms with van der Waals surface area (Å²) in [7, 11) is 1.99. The average Bonchev–Trinajstić information content (AvgIpc) is 3.09. The molecule has 0 atom stereocenters. The van der Waals surface area contributed by atoms with E-state index in [9.17, 15) is 4.79 Å². The van der Waals surface area contributed by atoms with Gasteiger partial charge < -0.3 is 15.2 Å². The number of amides is 1. The molecular formula is C13H21N9O. The first kappa shape index (κ1) is 15.5. The molecule has 1 fully saturated rings. The normalized spacial score (nSPS) is 20.3. The maximum absolute atomic E-state index is 11.0. The van der Waals surface area contributed by atoms with Gasteiger partial charge in [-0.1, -0.05) is 0 Å². The van der Waals surface area contributed by atoms with Gasteiger partial charge in [0.15, 0.2) is 0 Å². The van der Waals surface area contributed by atoms with Crippen LogP contribution in [-0.2, 0) is 24.9 Å². The fourth-order valence-corrected chi connectivity index (χ4v) is 2.80. The second-order valence-corrected chi connectivity index (χ2v) is 5.85. The summed E-state index contributed by atoms with van der Waals surface area (Å²) in [6.45, 7) is 3.66. The van der Waals surface area contributed by atoms with E-state index in [0.29, 0.717) is 19.0 Å². The highest BCUT2D eigenvalue weighted by Crippen LogP contribution is 2.35. The van der Waals surface area contributed by atoms with E-state index in [-0.39, 0.29) is 11.9 Å². The van der Waals surface area contributed by atoms with E-state index in [1.165, 1.54) is 0 Å². The molecule has 2 aromatic rings. The molecule has 1 aliphatic carbocycles. The van der Waals surface area contributed by atoms with E-state index < -0.39 is 0 Å². The third-order valence-corrected chi connectivity index (χ3v) is 4.10. The van der Waals surface area contributed by atoms with Gasteiger partial charge in [0, 0.05) is 32.5 Å². The Hall–Kier alpha value is -2.36. The zero-order valence-electron chi connectivity index (χ0n) is 13.3. The number of tetrazole rings is 1. The van der Waals surface area contributed by atoms with Crippen LogP contribution in [0.1, 0.15) is 37.3 Å². The monoisotopic (exact) mass is 319 g/mol. The van der Waals surface area contributed by atoms with Crippen LogP contribution >= 0.6 is 0 Å². The van der Waals surface area contributed by atoms with Crippen molar-refractivity contribution in [2.75, 3.05) is 6.54 Å². The largest absolute Gasteiger partial charge is 0.354 e. The summed E-state index contributed by atoms with van der Waals surface area (Å²) in [6, 6.07) is 0.270. The van der Waals surface area contributed by atoms with Crippen LogP contribution in [0.3, 0.4) is 0 Å². The number of aromatic nitrogens is 7. The lowest BCUT2D eigenvalue weighted by molar-refractivity contribution is -0.120. The van der Waals surface area contributed by atoms with Crippen molar-refractivity contribution >= 4 is 5.91 Å². The first-order valence-electron chi connectivity index (χ1n) is 7.70. The highest BCUT2D eigenvalue weighted by atomic mass is 16.1. The molecule has 0 aromatic carbocycles. The smallest absolute Gasteiger partial charge is 0.217 e. The van der Waals surface area contributed by atoms with Gasteiger partial charge in [-0.2, -0.15) is 0 Å². The van der Waals surface area contributed by atoms with Crippen LogP contribution in [0.2, 0.25) is 0 Å². The van der Waals surface area contributed by atoms with Crippen molar-refractivity contribution in [3.05, 3.63) is 18.0 Å². The maximum atomic E-state index is 11.0. The van der Waals surface area contributed by atoms with E-state index in [2.05, 4.69) is 36.4 Å². The van der Waals surface area contributed by atoms with Crippen LogP contribution in [0.25, 0.3) is 0 Å². The van der Waals surface area contributed by atoms with Gasteiger partial charge in [0.2, 0.25) is 5.91 Å².